The summed E-state index contributed by atoms with van der Waals surface area (Å²) < 4.78 is 14.3. The molecule has 0 aliphatic carbocycles. The normalized spacial score (nSPS) is 16.1. The minimum absolute atomic E-state index is 0.0343. The molecule has 0 saturated carbocycles. The van der Waals surface area contributed by atoms with Gasteiger partial charge in [-0.25, -0.2) is 4.39 Å². The van der Waals surface area contributed by atoms with Crippen LogP contribution in [-0.2, 0) is 11.3 Å². The average Bonchev–Trinajstić information content (AvgIpc) is 2.47. The number of carbonyl (C=O) groups is 1. The molecule has 2 rings (SSSR count). The largest absolute Gasteiger partial charge is 0.351 e. The van der Waals surface area contributed by atoms with Crippen LogP contribution in [0.1, 0.15) is 18.4 Å². The SMILES string of the molecule is O=C(CSC1CCNCC1)NCc1cc(Br)ccc1F. The first-order valence-electron chi connectivity index (χ1n) is 6.68. The van der Waals surface area contributed by atoms with Crippen LogP contribution in [0.25, 0.3) is 0 Å². The Kier molecular flexibility index (Phi) is 6.32. The number of hydrogen-bond acceptors (Lipinski definition) is 3. The second-order valence-electron chi connectivity index (χ2n) is 4.77. The lowest BCUT2D eigenvalue weighted by atomic mass is 10.2. The summed E-state index contributed by atoms with van der Waals surface area (Å²) in [6.07, 6.45) is 2.22. The summed E-state index contributed by atoms with van der Waals surface area (Å²) in [4.78, 5) is 11.8. The van der Waals surface area contributed by atoms with Gasteiger partial charge in [0.05, 0.1) is 5.75 Å². The second-order valence-corrected chi connectivity index (χ2v) is 6.98. The summed E-state index contributed by atoms with van der Waals surface area (Å²) in [5.74, 6) is 0.118. The summed E-state index contributed by atoms with van der Waals surface area (Å²) in [6.45, 7) is 2.29. The highest BCUT2D eigenvalue weighted by molar-refractivity contribution is 9.10. The molecule has 1 saturated heterocycles. The Balaban J connectivity index is 1.73. The zero-order valence-corrected chi connectivity index (χ0v) is 13.5. The number of amides is 1. The van der Waals surface area contributed by atoms with Gasteiger partial charge in [-0.1, -0.05) is 15.9 Å². The van der Waals surface area contributed by atoms with Crippen molar-refractivity contribution >= 4 is 33.6 Å². The molecule has 0 atom stereocenters. The van der Waals surface area contributed by atoms with Crippen molar-refractivity contribution in [2.75, 3.05) is 18.8 Å². The lowest BCUT2D eigenvalue weighted by Gasteiger charge is -2.21. The van der Waals surface area contributed by atoms with Gasteiger partial charge in [-0.05, 0) is 44.1 Å². The Morgan fingerprint density at radius 3 is 2.95 bits per heavy atom. The Morgan fingerprint density at radius 1 is 1.45 bits per heavy atom. The van der Waals surface area contributed by atoms with E-state index < -0.39 is 0 Å². The summed E-state index contributed by atoms with van der Waals surface area (Å²) in [5.41, 5.74) is 0.500. The van der Waals surface area contributed by atoms with Crippen molar-refractivity contribution in [3.63, 3.8) is 0 Å². The minimum atomic E-state index is -0.292. The molecule has 0 unspecified atom stereocenters. The Labute approximate surface area is 131 Å². The van der Waals surface area contributed by atoms with Crippen molar-refractivity contribution in [2.24, 2.45) is 0 Å². The minimum Gasteiger partial charge on any atom is -0.351 e. The molecule has 0 bridgehead atoms. The predicted octanol–water partition coefficient (Wildman–Crippen LogP) is 2.69. The highest BCUT2D eigenvalue weighted by Crippen LogP contribution is 2.20. The smallest absolute Gasteiger partial charge is 0.230 e. The number of halogens is 2. The fourth-order valence-corrected chi connectivity index (χ4v) is 3.55. The number of thioether (sulfide) groups is 1. The van der Waals surface area contributed by atoms with Crippen LogP contribution in [0.5, 0.6) is 0 Å². The van der Waals surface area contributed by atoms with Crippen LogP contribution in [0.3, 0.4) is 0 Å². The Morgan fingerprint density at radius 2 is 2.20 bits per heavy atom. The maximum Gasteiger partial charge on any atom is 0.230 e. The van der Waals surface area contributed by atoms with E-state index in [1.54, 1.807) is 23.9 Å². The number of benzene rings is 1. The molecular weight excluding hydrogens is 343 g/mol. The van der Waals surface area contributed by atoms with E-state index in [1.807, 2.05) is 0 Å². The summed E-state index contributed by atoms with van der Waals surface area (Å²) >= 11 is 4.99. The third kappa shape index (κ3) is 5.07. The molecule has 1 amide bonds. The van der Waals surface area contributed by atoms with E-state index >= 15 is 0 Å². The molecule has 3 nitrogen and oxygen atoms in total. The van der Waals surface area contributed by atoms with Crippen LogP contribution < -0.4 is 10.6 Å². The van der Waals surface area contributed by atoms with E-state index in [2.05, 4.69) is 26.6 Å². The monoisotopic (exact) mass is 360 g/mol. The lowest BCUT2D eigenvalue weighted by Crippen LogP contribution is -2.31. The summed E-state index contributed by atoms with van der Waals surface area (Å²) in [7, 11) is 0. The first kappa shape index (κ1) is 15.8. The van der Waals surface area contributed by atoms with Crippen molar-refractivity contribution in [3.8, 4) is 0 Å². The maximum absolute atomic E-state index is 13.5. The number of rotatable bonds is 5. The Hall–Kier alpha value is -0.590. The van der Waals surface area contributed by atoms with Gasteiger partial charge < -0.3 is 10.6 Å². The van der Waals surface area contributed by atoms with Crippen molar-refractivity contribution in [1.29, 1.82) is 0 Å². The zero-order valence-electron chi connectivity index (χ0n) is 11.1. The van der Waals surface area contributed by atoms with Crippen LogP contribution >= 0.6 is 27.7 Å². The van der Waals surface area contributed by atoms with Crippen molar-refractivity contribution in [3.05, 3.63) is 34.1 Å². The van der Waals surface area contributed by atoms with Gasteiger partial charge in [0.2, 0.25) is 5.91 Å². The number of hydrogen-bond donors (Lipinski definition) is 2. The summed E-state index contributed by atoms with van der Waals surface area (Å²) in [5, 5.41) is 6.63. The zero-order chi connectivity index (χ0) is 14.4. The fraction of sp³-hybridized carbons (Fsp3) is 0.500. The van der Waals surface area contributed by atoms with E-state index in [0.29, 0.717) is 16.6 Å². The molecule has 0 aromatic heterocycles. The fourth-order valence-electron chi connectivity index (χ4n) is 2.08. The quantitative estimate of drug-likeness (QED) is 0.847. The maximum atomic E-state index is 13.5. The Bertz CT molecular complexity index is 466. The molecule has 1 aromatic carbocycles. The standard InChI is InChI=1S/C14H18BrFN2OS/c15-11-1-2-13(16)10(7-11)8-18-14(19)9-20-12-3-5-17-6-4-12/h1-2,7,12,17H,3-6,8-9H2,(H,18,19). The van der Waals surface area contributed by atoms with Gasteiger partial charge in [-0.3, -0.25) is 4.79 Å². The number of nitrogens with one attached hydrogen (secondary N) is 2. The molecule has 20 heavy (non-hydrogen) atoms. The predicted molar refractivity (Wildman–Crippen MR) is 84.3 cm³/mol. The van der Waals surface area contributed by atoms with Gasteiger partial charge in [0.15, 0.2) is 0 Å². The van der Waals surface area contributed by atoms with Gasteiger partial charge in [0.25, 0.3) is 0 Å². The van der Waals surface area contributed by atoms with Gasteiger partial charge in [0.1, 0.15) is 5.82 Å². The molecule has 2 N–H and O–H groups in total. The molecular formula is C14H18BrFN2OS. The van der Waals surface area contributed by atoms with Crippen LogP contribution in [0.2, 0.25) is 0 Å². The van der Waals surface area contributed by atoms with Gasteiger partial charge in [0, 0.05) is 21.8 Å². The average molecular weight is 361 g/mol. The number of piperidine rings is 1. The van der Waals surface area contributed by atoms with E-state index in [9.17, 15) is 9.18 Å². The highest BCUT2D eigenvalue weighted by atomic mass is 79.9. The molecule has 1 heterocycles. The first-order valence-corrected chi connectivity index (χ1v) is 8.52. The number of carbonyl (C=O) groups excluding carboxylic acids is 1. The molecule has 1 aromatic rings. The molecule has 0 radical (unpaired) electrons. The van der Waals surface area contributed by atoms with Crippen LogP contribution in [0.4, 0.5) is 4.39 Å². The van der Waals surface area contributed by atoms with Gasteiger partial charge in [-0.2, -0.15) is 0 Å². The van der Waals surface area contributed by atoms with E-state index in [1.165, 1.54) is 6.07 Å². The highest BCUT2D eigenvalue weighted by Gasteiger charge is 2.15. The molecule has 1 aliphatic heterocycles. The van der Waals surface area contributed by atoms with Crippen molar-refractivity contribution < 1.29 is 9.18 Å². The van der Waals surface area contributed by atoms with Crippen molar-refractivity contribution in [2.45, 2.75) is 24.6 Å². The van der Waals surface area contributed by atoms with E-state index in [0.717, 1.165) is 30.4 Å². The molecule has 110 valence electrons. The van der Waals surface area contributed by atoms with Crippen LogP contribution in [0, 0.1) is 5.82 Å². The van der Waals surface area contributed by atoms with E-state index in [4.69, 9.17) is 0 Å². The van der Waals surface area contributed by atoms with E-state index in [-0.39, 0.29) is 18.3 Å². The molecule has 1 fully saturated rings. The molecule has 0 spiro atoms. The third-order valence-electron chi connectivity index (χ3n) is 3.22. The summed E-state index contributed by atoms with van der Waals surface area (Å²) in [6, 6.07) is 4.73. The van der Waals surface area contributed by atoms with Gasteiger partial charge >= 0.3 is 0 Å². The van der Waals surface area contributed by atoms with Crippen LogP contribution in [0.15, 0.2) is 22.7 Å². The third-order valence-corrected chi connectivity index (χ3v) is 5.08. The topological polar surface area (TPSA) is 41.1 Å². The molecule has 1 aliphatic rings. The first-order chi connectivity index (χ1) is 9.65. The van der Waals surface area contributed by atoms with Crippen LogP contribution in [-0.4, -0.2) is 30.0 Å². The van der Waals surface area contributed by atoms with Gasteiger partial charge in [-0.15, -0.1) is 11.8 Å². The lowest BCUT2D eigenvalue weighted by molar-refractivity contribution is -0.118. The van der Waals surface area contributed by atoms with Crippen molar-refractivity contribution in [1.82, 2.24) is 10.6 Å². The molecule has 6 heteroatoms. The second kappa shape index (κ2) is 8.00.